The third-order valence-electron chi connectivity index (χ3n) is 3.88. The molecule has 0 aromatic carbocycles. The highest BCUT2D eigenvalue weighted by Gasteiger charge is 2.19. The van der Waals surface area contributed by atoms with Crippen LogP contribution in [0.25, 0.3) is 0 Å². The fourth-order valence-electron chi connectivity index (χ4n) is 2.73. The van der Waals surface area contributed by atoms with Crippen LogP contribution >= 0.6 is 0 Å². The number of amides is 1. The Bertz CT molecular complexity index is 611. The first-order valence-corrected chi connectivity index (χ1v) is 7.35. The van der Waals surface area contributed by atoms with Crippen LogP contribution < -0.4 is 10.6 Å². The first-order valence-electron chi connectivity index (χ1n) is 7.35. The van der Waals surface area contributed by atoms with Gasteiger partial charge in [-0.05, 0) is 57.1 Å². The van der Waals surface area contributed by atoms with Gasteiger partial charge in [-0.25, -0.2) is 0 Å². The van der Waals surface area contributed by atoms with Crippen molar-refractivity contribution in [2.24, 2.45) is 0 Å². The van der Waals surface area contributed by atoms with E-state index in [0.29, 0.717) is 11.7 Å². The molecule has 110 valence electrons. The molecule has 1 saturated heterocycles. The van der Waals surface area contributed by atoms with E-state index in [2.05, 4.69) is 20.2 Å². The zero-order valence-corrected chi connectivity index (χ0v) is 12.2. The van der Waals surface area contributed by atoms with E-state index < -0.39 is 0 Å². The quantitative estimate of drug-likeness (QED) is 0.909. The number of pyridine rings is 1. The summed E-state index contributed by atoms with van der Waals surface area (Å²) in [7, 11) is 0. The molecule has 21 heavy (non-hydrogen) atoms. The Balaban J connectivity index is 1.75. The number of nitrogens with one attached hydrogen (secondary N) is 2. The molecule has 5 nitrogen and oxygen atoms in total. The van der Waals surface area contributed by atoms with Gasteiger partial charge in [-0.15, -0.1) is 0 Å². The summed E-state index contributed by atoms with van der Waals surface area (Å²) in [5, 5.41) is 6.26. The molecule has 3 heterocycles. The number of piperidine rings is 1. The number of anilines is 1. The third-order valence-corrected chi connectivity index (χ3v) is 3.88. The average molecular weight is 284 g/mol. The summed E-state index contributed by atoms with van der Waals surface area (Å²) in [6.45, 7) is 3.94. The lowest BCUT2D eigenvalue weighted by molar-refractivity contribution is 0.101. The van der Waals surface area contributed by atoms with Gasteiger partial charge in [0, 0.05) is 17.9 Å². The molecule has 0 spiro atoms. The molecule has 1 fully saturated rings. The SMILES string of the molecule is Cc1ccc(NC(=O)c2cccn2C2CCNCC2)cn1. The minimum Gasteiger partial charge on any atom is -0.340 e. The molecule has 2 aromatic rings. The molecule has 0 radical (unpaired) electrons. The number of aryl methyl sites for hydroxylation is 1. The Morgan fingerprint density at radius 2 is 2.14 bits per heavy atom. The highest BCUT2D eigenvalue weighted by molar-refractivity contribution is 6.03. The van der Waals surface area contributed by atoms with Crippen molar-refractivity contribution >= 4 is 11.6 Å². The molecule has 0 aliphatic carbocycles. The number of carbonyl (C=O) groups is 1. The van der Waals surface area contributed by atoms with Gasteiger partial charge in [0.05, 0.1) is 11.9 Å². The monoisotopic (exact) mass is 284 g/mol. The van der Waals surface area contributed by atoms with Crippen molar-refractivity contribution in [2.75, 3.05) is 18.4 Å². The van der Waals surface area contributed by atoms with Crippen LogP contribution in [0.3, 0.4) is 0 Å². The molecule has 1 aliphatic heterocycles. The van der Waals surface area contributed by atoms with Gasteiger partial charge < -0.3 is 15.2 Å². The Hall–Kier alpha value is -2.14. The highest BCUT2D eigenvalue weighted by Crippen LogP contribution is 2.21. The van der Waals surface area contributed by atoms with E-state index in [9.17, 15) is 4.79 Å². The van der Waals surface area contributed by atoms with Crippen LogP contribution in [0, 0.1) is 6.92 Å². The van der Waals surface area contributed by atoms with E-state index in [0.717, 1.165) is 37.3 Å². The van der Waals surface area contributed by atoms with Crippen LogP contribution in [-0.4, -0.2) is 28.5 Å². The van der Waals surface area contributed by atoms with Crippen LogP contribution in [0.2, 0.25) is 0 Å². The Morgan fingerprint density at radius 1 is 1.33 bits per heavy atom. The van der Waals surface area contributed by atoms with Gasteiger partial charge in [-0.1, -0.05) is 0 Å². The van der Waals surface area contributed by atoms with Crippen LogP contribution in [-0.2, 0) is 0 Å². The lowest BCUT2D eigenvalue weighted by atomic mass is 10.1. The molecule has 0 unspecified atom stereocenters. The first-order chi connectivity index (χ1) is 10.2. The Kier molecular flexibility index (Phi) is 4.01. The normalized spacial score (nSPS) is 15.9. The predicted octanol–water partition coefficient (Wildman–Crippen LogP) is 2.37. The van der Waals surface area contributed by atoms with Crippen molar-refractivity contribution in [3.63, 3.8) is 0 Å². The molecule has 3 rings (SSSR count). The van der Waals surface area contributed by atoms with Gasteiger partial charge in [0.1, 0.15) is 5.69 Å². The summed E-state index contributed by atoms with van der Waals surface area (Å²) in [6, 6.07) is 7.97. The van der Waals surface area contributed by atoms with Gasteiger partial charge in [0.25, 0.3) is 5.91 Å². The molecule has 0 saturated carbocycles. The smallest absolute Gasteiger partial charge is 0.272 e. The Morgan fingerprint density at radius 3 is 2.86 bits per heavy atom. The van der Waals surface area contributed by atoms with E-state index in [4.69, 9.17) is 0 Å². The number of nitrogens with zero attached hydrogens (tertiary/aromatic N) is 2. The molecule has 2 aromatic heterocycles. The van der Waals surface area contributed by atoms with E-state index >= 15 is 0 Å². The molecule has 2 N–H and O–H groups in total. The number of carbonyl (C=O) groups excluding carboxylic acids is 1. The maximum absolute atomic E-state index is 12.4. The van der Waals surface area contributed by atoms with Crippen LogP contribution in [0.5, 0.6) is 0 Å². The minimum absolute atomic E-state index is 0.0795. The summed E-state index contributed by atoms with van der Waals surface area (Å²) in [4.78, 5) is 16.6. The predicted molar refractivity (Wildman–Crippen MR) is 82.5 cm³/mol. The maximum Gasteiger partial charge on any atom is 0.272 e. The largest absolute Gasteiger partial charge is 0.340 e. The molecule has 1 aliphatic rings. The first kappa shape index (κ1) is 13.8. The second-order valence-electron chi connectivity index (χ2n) is 5.42. The number of aromatic nitrogens is 2. The van der Waals surface area contributed by atoms with Crippen molar-refractivity contribution in [3.05, 3.63) is 48.0 Å². The van der Waals surface area contributed by atoms with Gasteiger partial charge in [0.2, 0.25) is 0 Å². The zero-order valence-electron chi connectivity index (χ0n) is 12.2. The summed E-state index contributed by atoms with van der Waals surface area (Å²) in [5.74, 6) is -0.0795. The molecule has 0 atom stereocenters. The number of hydrogen-bond acceptors (Lipinski definition) is 3. The topological polar surface area (TPSA) is 59.0 Å². The lowest BCUT2D eigenvalue weighted by Gasteiger charge is -2.25. The van der Waals surface area contributed by atoms with E-state index in [1.165, 1.54) is 0 Å². The van der Waals surface area contributed by atoms with Gasteiger partial charge >= 0.3 is 0 Å². The van der Waals surface area contributed by atoms with Crippen molar-refractivity contribution in [1.82, 2.24) is 14.9 Å². The van der Waals surface area contributed by atoms with E-state index in [1.54, 1.807) is 6.20 Å². The molecule has 1 amide bonds. The fourth-order valence-corrected chi connectivity index (χ4v) is 2.73. The van der Waals surface area contributed by atoms with Crippen molar-refractivity contribution in [3.8, 4) is 0 Å². The molecule has 0 bridgehead atoms. The van der Waals surface area contributed by atoms with Crippen molar-refractivity contribution < 1.29 is 4.79 Å². The summed E-state index contributed by atoms with van der Waals surface area (Å²) in [5.41, 5.74) is 2.37. The summed E-state index contributed by atoms with van der Waals surface area (Å²) in [6.07, 6.45) is 5.80. The van der Waals surface area contributed by atoms with E-state index in [-0.39, 0.29) is 5.91 Å². The minimum atomic E-state index is -0.0795. The van der Waals surface area contributed by atoms with Crippen LogP contribution in [0.1, 0.15) is 35.1 Å². The number of rotatable bonds is 3. The van der Waals surface area contributed by atoms with Gasteiger partial charge in [0.15, 0.2) is 0 Å². The molecular formula is C16H20N4O. The van der Waals surface area contributed by atoms with Crippen molar-refractivity contribution in [1.29, 1.82) is 0 Å². The third kappa shape index (κ3) is 3.13. The second kappa shape index (κ2) is 6.10. The number of hydrogen-bond donors (Lipinski definition) is 2. The van der Waals surface area contributed by atoms with E-state index in [1.807, 2.05) is 37.4 Å². The summed E-state index contributed by atoms with van der Waals surface area (Å²) >= 11 is 0. The Labute approximate surface area is 124 Å². The fraction of sp³-hybridized carbons (Fsp3) is 0.375. The van der Waals surface area contributed by atoms with Crippen LogP contribution in [0.15, 0.2) is 36.7 Å². The summed E-state index contributed by atoms with van der Waals surface area (Å²) < 4.78 is 2.10. The lowest BCUT2D eigenvalue weighted by Crippen LogP contribution is -2.31. The maximum atomic E-state index is 12.4. The highest BCUT2D eigenvalue weighted by atomic mass is 16.1. The molecular weight excluding hydrogens is 264 g/mol. The van der Waals surface area contributed by atoms with Crippen LogP contribution in [0.4, 0.5) is 5.69 Å². The van der Waals surface area contributed by atoms with Gasteiger partial charge in [-0.3, -0.25) is 9.78 Å². The average Bonchev–Trinajstić information content (AvgIpc) is 3.00. The van der Waals surface area contributed by atoms with Gasteiger partial charge in [-0.2, -0.15) is 0 Å². The zero-order chi connectivity index (χ0) is 14.7. The standard InChI is InChI=1S/C16H20N4O/c1-12-4-5-13(11-18-12)19-16(21)15-3-2-10-20(15)14-6-8-17-9-7-14/h2-5,10-11,14,17H,6-9H2,1H3,(H,19,21). The molecule has 5 heteroatoms. The second-order valence-corrected chi connectivity index (χ2v) is 5.42. The van der Waals surface area contributed by atoms with Crippen molar-refractivity contribution in [2.45, 2.75) is 25.8 Å².